The highest BCUT2D eigenvalue weighted by atomic mass is 32.1. The largest absolute Gasteiger partial charge is 0.497 e. The molecule has 7 nitrogen and oxygen atoms in total. The van der Waals surface area contributed by atoms with Gasteiger partial charge in [-0.15, -0.1) is 21.5 Å². The summed E-state index contributed by atoms with van der Waals surface area (Å²) in [5, 5.41) is 13.2. The summed E-state index contributed by atoms with van der Waals surface area (Å²) in [7, 11) is 3.23. The van der Waals surface area contributed by atoms with Gasteiger partial charge in [-0.05, 0) is 36.6 Å². The van der Waals surface area contributed by atoms with Crippen molar-refractivity contribution in [1.29, 1.82) is 0 Å². The van der Waals surface area contributed by atoms with Gasteiger partial charge < -0.3 is 19.2 Å². The fraction of sp³-hybridized carbons (Fsp3) is 0.381. The first kappa shape index (κ1) is 20.9. The molecule has 0 spiro atoms. The molecular weight excluding hydrogens is 390 g/mol. The Bertz CT molecular complexity index is 924. The van der Waals surface area contributed by atoms with Gasteiger partial charge in [0.1, 0.15) is 11.5 Å². The van der Waals surface area contributed by atoms with Crippen LogP contribution in [0.5, 0.6) is 11.5 Å². The first-order chi connectivity index (χ1) is 14.1. The molecule has 1 atom stereocenters. The SMILES string of the molecule is COc1ccc(OC)c(Cc2nnc(CCC(=O)N[C@H](C)Cc3cccs3)o2)c1. The second kappa shape index (κ2) is 10.1. The molecule has 0 saturated carbocycles. The van der Waals surface area contributed by atoms with E-state index in [4.69, 9.17) is 13.9 Å². The maximum absolute atomic E-state index is 12.2. The van der Waals surface area contributed by atoms with E-state index in [1.165, 1.54) is 4.88 Å². The topological polar surface area (TPSA) is 86.5 Å². The van der Waals surface area contributed by atoms with Crippen LogP contribution in [0.1, 0.15) is 35.6 Å². The number of carbonyl (C=O) groups excluding carboxylic acids is 1. The van der Waals surface area contributed by atoms with Gasteiger partial charge in [0.15, 0.2) is 0 Å². The van der Waals surface area contributed by atoms with Gasteiger partial charge in [-0.1, -0.05) is 6.07 Å². The van der Waals surface area contributed by atoms with Crippen LogP contribution in [0.2, 0.25) is 0 Å². The molecule has 3 rings (SSSR count). The first-order valence-electron chi connectivity index (χ1n) is 9.41. The molecule has 2 aromatic heterocycles. The van der Waals surface area contributed by atoms with E-state index in [2.05, 4.69) is 21.6 Å². The van der Waals surface area contributed by atoms with Crippen molar-refractivity contribution in [3.8, 4) is 11.5 Å². The van der Waals surface area contributed by atoms with E-state index in [9.17, 15) is 4.79 Å². The molecule has 0 fully saturated rings. The minimum Gasteiger partial charge on any atom is -0.497 e. The number of hydrogen-bond donors (Lipinski definition) is 1. The zero-order valence-corrected chi connectivity index (χ0v) is 17.6. The molecule has 29 heavy (non-hydrogen) atoms. The van der Waals surface area contributed by atoms with Crippen molar-refractivity contribution in [1.82, 2.24) is 15.5 Å². The van der Waals surface area contributed by atoms with E-state index in [0.717, 1.165) is 23.5 Å². The number of ether oxygens (including phenoxy) is 2. The number of rotatable bonds is 10. The molecule has 8 heteroatoms. The number of hydrogen-bond acceptors (Lipinski definition) is 7. The summed E-state index contributed by atoms with van der Waals surface area (Å²) in [5.41, 5.74) is 0.891. The summed E-state index contributed by atoms with van der Waals surface area (Å²) in [6.07, 6.45) is 1.96. The maximum Gasteiger partial charge on any atom is 0.221 e. The Kier molecular flexibility index (Phi) is 7.24. The van der Waals surface area contributed by atoms with Crippen LogP contribution >= 0.6 is 11.3 Å². The zero-order chi connectivity index (χ0) is 20.6. The predicted molar refractivity (Wildman–Crippen MR) is 111 cm³/mol. The van der Waals surface area contributed by atoms with Crippen LogP contribution in [0.15, 0.2) is 40.1 Å². The zero-order valence-electron chi connectivity index (χ0n) is 16.8. The first-order valence-corrected chi connectivity index (χ1v) is 10.3. The van der Waals surface area contributed by atoms with E-state index in [0.29, 0.717) is 31.0 Å². The molecular formula is C21H25N3O4S. The molecule has 0 unspecified atom stereocenters. The molecule has 0 radical (unpaired) electrons. The molecule has 3 aromatic rings. The highest BCUT2D eigenvalue weighted by Crippen LogP contribution is 2.26. The van der Waals surface area contributed by atoms with Crippen LogP contribution in [0.3, 0.4) is 0 Å². The van der Waals surface area contributed by atoms with Crippen LogP contribution in [0.25, 0.3) is 0 Å². The quantitative estimate of drug-likeness (QED) is 0.546. The minimum atomic E-state index is -0.0247. The van der Waals surface area contributed by atoms with Gasteiger partial charge in [0.2, 0.25) is 17.7 Å². The normalized spacial score (nSPS) is 11.8. The van der Waals surface area contributed by atoms with E-state index in [1.807, 2.05) is 36.6 Å². The highest BCUT2D eigenvalue weighted by molar-refractivity contribution is 7.09. The van der Waals surface area contributed by atoms with Crippen LogP contribution in [0.4, 0.5) is 0 Å². The molecule has 0 saturated heterocycles. The van der Waals surface area contributed by atoms with Crippen LogP contribution in [0, 0.1) is 0 Å². The standard InChI is InChI=1S/C21H25N3O4S/c1-14(11-17-5-4-10-29-17)22-19(25)8-9-20-23-24-21(28-20)13-15-12-16(26-2)6-7-18(15)27-3/h4-7,10,12,14H,8-9,11,13H2,1-3H3,(H,22,25)/t14-/m1/s1. The number of nitrogens with zero attached hydrogens (tertiary/aromatic N) is 2. The highest BCUT2D eigenvalue weighted by Gasteiger charge is 2.14. The summed E-state index contributed by atoms with van der Waals surface area (Å²) in [6, 6.07) is 9.73. The van der Waals surface area contributed by atoms with E-state index in [1.54, 1.807) is 25.6 Å². The van der Waals surface area contributed by atoms with Gasteiger partial charge in [-0.3, -0.25) is 4.79 Å². The number of thiophene rings is 1. The molecule has 0 aliphatic carbocycles. The van der Waals surface area contributed by atoms with Crippen molar-refractivity contribution in [2.75, 3.05) is 14.2 Å². The Hall–Kier alpha value is -2.87. The van der Waals surface area contributed by atoms with Gasteiger partial charge >= 0.3 is 0 Å². The average Bonchev–Trinajstić information content (AvgIpc) is 3.38. The Morgan fingerprint density at radius 2 is 2.03 bits per heavy atom. The number of carbonyl (C=O) groups is 1. The number of benzene rings is 1. The summed E-state index contributed by atoms with van der Waals surface area (Å²) in [4.78, 5) is 13.4. The van der Waals surface area contributed by atoms with Gasteiger partial charge in [0, 0.05) is 35.7 Å². The van der Waals surface area contributed by atoms with E-state index in [-0.39, 0.29) is 11.9 Å². The van der Waals surface area contributed by atoms with E-state index < -0.39 is 0 Å². The predicted octanol–water partition coefficient (Wildman–Crippen LogP) is 3.42. The fourth-order valence-corrected chi connectivity index (χ4v) is 3.83. The number of aromatic nitrogens is 2. The lowest BCUT2D eigenvalue weighted by Crippen LogP contribution is -2.34. The van der Waals surface area contributed by atoms with Crippen molar-refractivity contribution in [3.05, 3.63) is 57.9 Å². The van der Waals surface area contributed by atoms with Crippen LogP contribution < -0.4 is 14.8 Å². The lowest BCUT2D eigenvalue weighted by atomic mass is 10.1. The molecule has 1 N–H and O–H groups in total. The van der Waals surface area contributed by atoms with Crippen molar-refractivity contribution >= 4 is 17.2 Å². The smallest absolute Gasteiger partial charge is 0.221 e. The Morgan fingerprint density at radius 3 is 2.76 bits per heavy atom. The average molecular weight is 416 g/mol. The maximum atomic E-state index is 12.2. The number of aryl methyl sites for hydroxylation is 1. The second-order valence-electron chi connectivity index (χ2n) is 6.70. The van der Waals surface area contributed by atoms with Crippen molar-refractivity contribution in [2.45, 2.75) is 38.6 Å². The summed E-state index contributed by atoms with van der Waals surface area (Å²) in [6.45, 7) is 2.00. The Labute approximate surface area is 174 Å². The summed E-state index contributed by atoms with van der Waals surface area (Å²) >= 11 is 1.70. The van der Waals surface area contributed by atoms with Gasteiger partial charge in [-0.25, -0.2) is 0 Å². The van der Waals surface area contributed by atoms with Crippen molar-refractivity contribution < 1.29 is 18.7 Å². The van der Waals surface area contributed by atoms with Crippen molar-refractivity contribution in [2.24, 2.45) is 0 Å². The molecule has 2 heterocycles. The van der Waals surface area contributed by atoms with Gasteiger partial charge in [-0.2, -0.15) is 0 Å². The number of nitrogens with one attached hydrogen (secondary N) is 1. The number of amides is 1. The van der Waals surface area contributed by atoms with Crippen molar-refractivity contribution in [3.63, 3.8) is 0 Å². The monoisotopic (exact) mass is 415 g/mol. The lowest BCUT2D eigenvalue weighted by molar-refractivity contribution is -0.121. The molecule has 0 bridgehead atoms. The molecule has 0 aliphatic rings. The van der Waals surface area contributed by atoms with Gasteiger partial charge in [0.05, 0.1) is 20.6 Å². The molecule has 1 amide bonds. The van der Waals surface area contributed by atoms with Gasteiger partial charge in [0.25, 0.3) is 0 Å². The molecule has 1 aromatic carbocycles. The summed E-state index contributed by atoms with van der Waals surface area (Å²) in [5.74, 6) is 2.35. The van der Waals surface area contributed by atoms with Crippen LogP contribution in [-0.2, 0) is 24.1 Å². The molecule has 0 aliphatic heterocycles. The van der Waals surface area contributed by atoms with E-state index >= 15 is 0 Å². The fourth-order valence-electron chi connectivity index (χ4n) is 2.99. The third kappa shape index (κ3) is 6.05. The Morgan fingerprint density at radius 1 is 1.21 bits per heavy atom. The third-order valence-corrected chi connectivity index (χ3v) is 5.30. The third-order valence-electron chi connectivity index (χ3n) is 4.40. The molecule has 154 valence electrons. The second-order valence-corrected chi connectivity index (χ2v) is 7.73. The van der Waals surface area contributed by atoms with Crippen LogP contribution in [-0.4, -0.2) is 36.4 Å². The Balaban J connectivity index is 1.51. The minimum absolute atomic E-state index is 0.0247. The number of methoxy groups -OCH3 is 2. The summed E-state index contributed by atoms with van der Waals surface area (Å²) < 4.78 is 16.3. The lowest BCUT2D eigenvalue weighted by Gasteiger charge is -2.12.